The Hall–Kier alpha value is -4.29. The summed E-state index contributed by atoms with van der Waals surface area (Å²) in [6, 6.07) is 18.9. The third kappa shape index (κ3) is 8.12. The first-order valence-corrected chi connectivity index (χ1v) is 13.8. The van der Waals surface area contributed by atoms with Crippen molar-refractivity contribution in [3.8, 4) is 0 Å². The molecule has 8 nitrogen and oxygen atoms in total. The lowest BCUT2D eigenvalue weighted by atomic mass is 10.1. The van der Waals surface area contributed by atoms with E-state index in [9.17, 15) is 26.4 Å². The number of ether oxygens (including phenoxy) is 1. The van der Waals surface area contributed by atoms with Crippen LogP contribution in [0.15, 0.2) is 95.1 Å². The van der Waals surface area contributed by atoms with Gasteiger partial charge >= 0.3 is 12.1 Å². The van der Waals surface area contributed by atoms with E-state index in [1.807, 2.05) is 25.1 Å². The van der Waals surface area contributed by atoms with Crippen LogP contribution in [0.25, 0.3) is 10.9 Å². The number of rotatable bonds is 11. The molecule has 1 aromatic heterocycles. The summed E-state index contributed by atoms with van der Waals surface area (Å²) in [6.07, 6.45) is -2.46. The molecule has 0 aliphatic heterocycles. The van der Waals surface area contributed by atoms with E-state index < -0.39 is 40.5 Å². The molecule has 0 aliphatic rings. The van der Waals surface area contributed by atoms with Crippen molar-refractivity contribution in [3.63, 3.8) is 0 Å². The van der Waals surface area contributed by atoms with Crippen molar-refractivity contribution in [3.05, 3.63) is 107 Å². The molecule has 0 amide bonds. The van der Waals surface area contributed by atoms with Crippen LogP contribution in [0.1, 0.15) is 33.5 Å². The van der Waals surface area contributed by atoms with Crippen LogP contribution in [-0.2, 0) is 30.1 Å². The van der Waals surface area contributed by atoms with Crippen molar-refractivity contribution in [2.75, 3.05) is 13.2 Å². The number of nitrogens with zero attached hydrogens (tertiary/aromatic N) is 2. The van der Waals surface area contributed by atoms with Crippen LogP contribution in [0.3, 0.4) is 0 Å². The molecule has 12 heteroatoms. The van der Waals surface area contributed by atoms with E-state index >= 15 is 0 Å². The molecular formula is C29H25F3N2O6S. The summed E-state index contributed by atoms with van der Waals surface area (Å²) in [5.74, 6) is -0.851. The lowest BCUT2D eigenvalue weighted by Crippen LogP contribution is -2.23. The van der Waals surface area contributed by atoms with Gasteiger partial charge in [-0.1, -0.05) is 47.1 Å². The first-order chi connectivity index (χ1) is 19.5. The van der Waals surface area contributed by atoms with Crippen molar-refractivity contribution < 1.29 is 40.1 Å². The Morgan fingerprint density at radius 2 is 1.71 bits per heavy atom. The zero-order valence-corrected chi connectivity index (χ0v) is 22.6. The number of pyridine rings is 1. The molecule has 4 aromatic rings. The first kappa shape index (κ1) is 29.7. The van der Waals surface area contributed by atoms with Crippen molar-refractivity contribution in [1.82, 2.24) is 4.98 Å². The fourth-order valence-electron chi connectivity index (χ4n) is 3.67. The number of para-hydroxylation sites is 1. The van der Waals surface area contributed by atoms with Gasteiger partial charge in [0.15, 0.2) is 6.10 Å². The number of carbonyl (C=O) groups excluding carboxylic acids is 1. The monoisotopic (exact) mass is 586 g/mol. The predicted molar refractivity (Wildman–Crippen MR) is 145 cm³/mol. The number of hydrogen-bond acceptors (Lipinski definition) is 8. The topological polar surface area (TPSA) is 104 Å². The highest BCUT2D eigenvalue weighted by Gasteiger charge is 2.30. The number of benzene rings is 3. The fourth-order valence-corrected chi connectivity index (χ4v) is 4.61. The van der Waals surface area contributed by atoms with E-state index in [0.29, 0.717) is 11.1 Å². The van der Waals surface area contributed by atoms with Crippen LogP contribution >= 0.6 is 0 Å². The van der Waals surface area contributed by atoms with E-state index in [4.69, 9.17) is 13.8 Å². The minimum atomic E-state index is -4.53. The summed E-state index contributed by atoms with van der Waals surface area (Å²) in [4.78, 5) is 22.1. The molecule has 0 saturated heterocycles. The molecule has 0 bridgehead atoms. The highest BCUT2D eigenvalue weighted by atomic mass is 32.2. The highest BCUT2D eigenvalue weighted by Crippen LogP contribution is 2.29. The van der Waals surface area contributed by atoms with Gasteiger partial charge in [-0.2, -0.15) is 21.6 Å². The van der Waals surface area contributed by atoms with E-state index in [1.54, 1.807) is 30.5 Å². The number of halogens is 3. The van der Waals surface area contributed by atoms with E-state index in [-0.39, 0.29) is 23.5 Å². The van der Waals surface area contributed by atoms with E-state index in [2.05, 4.69) is 10.1 Å². The lowest BCUT2D eigenvalue weighted by Gasteiger charge is -2.16. The van der Waals surface area contributed by atoms with Crippen LogP contribution in [0.4, 0.5) is 13.2 Å². The second-order valence-electron chi connectivity index (χ2n) is 8.94. The maximum absolute atomic E-state index is 12.8. The third-order valence-electron chi connectivity index (χ3n) is 5.91. The predicted octanol–water partition coefficient (Wildman–Crippen LogP) is 5.93. The Bertz CT molecular complexity index is 1620. The van der Waals surface area contributed by atoms with Gasteiger partial charge in [-0.05, 0) is 49.4 Å². The van der Waals surface area contributed by atoms with Crippen LogP contribution in [0.2, 0.25) is 0 Å². The normalized spacial score (nSPS) is 12.9. The van der Waals surface area contributed by atoms with Crippen molar-refractivity contribution >= 4 is 33.2 Å². The Labute approximate surface area is 234 Å². The molecular weight excluding hydrogens is 561 g/mol. The first-order valence-electron chi connectivity index (χ1n) is 12.4. The van der Waals surface area contributed by atoms with Gasteiger partial charge in [0.2, 0.25) is 0 Å². The van der Waals surface area contributed by atoms with Gasteiger partial charge in [0, 0.05) is 23.6 Å². The van der Waals surface area contributed by atoms with Crippen molar-refractivity contribution in [2.24, 2.45) is 5.16 Å². The quantitative estimate of drug-likeness (QED) is 0.0928. The van der Waals surface area contributed by atoms with Crippen LogP contribution in [0.5, 0.6) is 0 Å². The maximum atomic E-state index is 12.8. The minimum Gasteiger partial charge on any atom is -0.462 e. The Morgan fingerprint density at radius 3 is 2.41 bits per heavy atom. The van der Waals surface area contributed by atoms with Gasteiger partial charge in [-0.15, -0.1) is 0 Å². The van der Waals surface area contributed by atoms with Gasteiger partial charge in [0.25, 0.3) is 10.1 Å². The van der Waals surface area contributed by atoms with E-state index in [1.165, 1.54) is 18.3 Å². The van der Waals surface area contributed by atoms with Crippen molar-refractivity contribution in [2.45, 2.75) is 30.5 Å². The number of fused-ring (bicyclic) bond motifs is 1. The average molecular weight is 587 g/mol. The number of esters is 1. The molecule has 0 spiro atoms. The zero-order valence-electron chi connectivity index (χ0n) is 21.7. The smallest absolute Gasteiger partial charge is 0.416 e. The standard InChI is InChI=1S/C29H25F3N2O6S/c1-20-7-13-26(14-8-20)41(36,37)39-19-25(40-34-18-23-5-2-4-21-6-3-16-33-27(21)23)15-17-38-28(35)22-9-11-24(12-10-22)29(30,31)32/h2-14,16,18,25H,15,17,19H2,1H3/b34-18+. The summed E-state index contributed by atoms with van der Waals surface area (Å²) in [6.45, 7) is 1.12. The Kier molecular flexibility index (Phi) is 9.35. The molecule has 1 heterocycles. The fraction of sp³-hybridized carbons (Fsp3) is 0.207. The molecule has 0 N–H and O–H groups in total. The van der Waals surface area contributed by atoms with Gasteiger partial charge < -0.3 is 9.57 Å². The van der Waals surface area contributed by atoms with Gasteiger partial charge in [0.05, 0.1) is 34.4 Å². The molecule has 214 valence electrons. The molecule has 0 aliphatic carbocycles. The number of alkyl halides is 3. The lowest BCUT2D eigenvalue weighted by molar-refractivity contribution is -0.137. The number of aromatic nitrogens is 1. The number of carbonyl (C=O) groups is 1. The number of hydrogen-bond donors (Lipinski definition) is 0. The summed E-state index contributed by atoms with van der Waals surface area (Å²) in [5.41, 5.74) is 1.24. The number of aryl methyl sites for hydroxylation is 1. The molecule has 0 radical (unpaired) electrons. The van der Waals surface area contributed by atoms with Crippen LogP contribution in [-0.4, -0.2) is 44.9 Å². The van der Waals surface area contributed by atoms with Crippen LogP contribution in [0, 0.1) is 6.92 Å². The largest absolute Gasteiger partial charge is 0.462 e. The highest BCUT2D eigenvalue weighted by molar-refractivity contribution is 7.86. The van der Waals surface area contributed by atoms with Gasteiger partial charge in [-0.25, -0.2) is 4.79 Å². The summed E-state index contributed by atoms with van der Waals surface area (Å²) < 4.78 is 74.0. The molecule has 4 rings (SSSR count). The van der Waals surface area contributed by atoms with Gasteiger partial charge in [-0.3, -0.25) is 9.17 Å². The second kappa shape index (κ2) is 12.9. The SMILES string of the molecule is Cc1ccc(S(=O)(=O)OCC(CCOC(=O)c2ccc(C(F)(F)F)cc2)O/N=C/c2cccc3cccnc23)cc1. The molecule has 0 saturated carbocycles. The molecule has 41 heavy (non-hydrogen) atoms. The third-order valence-corrected chi connectivity index (χ3v) is 7.20. The maximum Gasteiger partial charge on any atom is 0.416 e. The Balaban J connectivity index is 1.42. The molecule has 1 atom stereocenters. The van der Waals surface area contributed by atoms with Gasteiger partial charge in [0.1, 0.15) is 6.61 Å². The van der Waals surface area contributed by atoms with Crippen LogP contribution < -0.4 is 0 Å². The molecule has 1 unspecified atom stereocenters. The average Bonchev–Trinajstić information content (AvgIpc) is 2.95. The molecule has 0 fully saturated rings. The number of oxime groups is 1. The zero-order chi connectivity index (χ0) is 29.5. The summed E-state index contributed by atoms with van der Waals surface area (Å²) >= 11 is 0. The second-order valence-corrected chi connectivity index (χ2v) is 10.6. The van der Waals surface area contributed by atoms with E-state index in [0.717, 1.165) is 35.2 Å². The minimum absolute atomic E-state index is 0.0269. The Morgan fingerprint density at radius 1 is 1.00 bits per heavy atom. The summed E-state index contributed by atoms with van der Waals surface area (Å²) in [5, 5.41) is 4.86. The summed E-state index contributed by atoms with van der Waals surface area (Å²) in [7, 11) is -4.12. The van der Waals surface area contributed by atoms with Crippen molar-refractivity contribution in [1.29, 1.82) is 0 Å². The molecule has 3 aromatic carbocycles.